The quantitative estimate of drug-likeness (QED) is 0.308. The second-order valence-electron chi connectivity index (χ2n) is 6.04. The summed E-state index contributed by atoms with van der Waals surface area (Å²) in [6.07, 6.45) is 3.54. The summed E-state index contributed by atoms with van der Waals surface area (Å²) in [5.41, 5.74) is 1.27. The number of hydrogen-bond acceptors (Lipinski definition) is 3. The Morgan fingerprint density at radius 2 is 1.83 bits per heavy atom. The first-order chi connectivity index (χ1) is 11.0. The van der Waals surface area contributed by atoms with Gasteiger partial charge < -0.3 is 15.7 Å². The van der Waals surface area contributed by atoms with Gasteiger partial charge in [0.1, 0.15) is 0 Å². The highest BCUT2D eigenvalue weighted by Gasteiger charge is 2.24. The molecule has 1 aromatic heterocycles. The lowest BCUT2D eigenvalue weighted by atomic mass is 9.93. The second kappa shape index (κ2) is 12.5. The van der Waals surface area contributed by atoms with E-state index in [1.165, 1.54) is 0 Å². The molecular weight excluding hydrogens is 415 g/mol. The van der Waals surface area contributed by atoms with Gasteiger partial charge in [0.05, 0.1) is 17.8 Å². The van der Waals surface area contributed by atoms with Crippen LogP contribution in [-0.4, -0.2) is 34.7 Å². The van der Waals surface area contributed by atoms with E-state index >= 15 is 0 Å². The van der Waals surface area contributed by atoms with Gasteiger partial charge in [0.2, 0.25) is 0 Å². The molecule has 0 aromatic carbocycles. The van der Waals surface area contributed by atoms with E-state index in [4.69, 9.17) is 0 Å². The summed E-state index contributed by atoms with van der Waals surface area (Å²) < 4.78 is 0. The van der Waals surface area contributed by atoms with Crippen molar-refractivity contribution in [2.75, 3.05) is 13.1 Å². The normalized spacial score (nSPS) is 11.8. The lowest BCUT2D eigenvalue weighted by molar-refractivity contribution is 0.0257. The minimum atomic E-state index is -0.665. The van der Waals surface area contributed by atoms with Gasteiger partial charge in [-0.1, -0.05) is 32.8 Å². The van der Waals surface area contributed by atoms with Crippen LogP contribution >= 0.6 is 24.0 Å². The number of hydrogen-bond donors (Lipinski definition) is 3. The summed E-state index contributed by atoms with van der Waals surface area (Å²) in [7, 11) is 0. The average Bonchev–Trinajstić information content (AvgIpc) is 2.51. The summed E-state index contributed by atoms with van der Waals surface area (Å²) in [4.78, 5) is 9.03. The summed E-state index contributed by atoms with van der Waals surface area (Å²) in [5.74, 6) is 0.724. The monoisotopic (exact) mass is 448 g/mol. The lowest BCUT2D eigenvalue weighted by Crippen LogP contribution is -2.47. The van der Waals surface area contributed by atoms with Crippen molar-refractivity contribution in [3.8, 4) is 0 Å². The van der Waals surface area contributed by atoms with Crippen molar-refractivity contribution < 1.29 is 5.11 Å². The van der Waals surface area contributed by atoms with Crippen molar-refractivity contribution in [1.29, 1.82) is 0 Å². The van der Waals surface area contributed by atoms with Crippen LogP contribution in [0.4, 0.5) is 0 Å². The molecule has 24 heavy (non-hydrogen) atoms. The summed E-state index contributed by atoms with van der Waals surface area (Å²) >= 11 is 0. The Morgan fingerprint density at radius 3 is 2.38 bits per heavy atom. The maximum absolute atomic E-state index is 10.7. The molecule has 0 fully saturated rings. The van der Waals surface area contributed by atoms with E-state index < -0.39 is 5.60 Å². The van der Waals surface area contributed by atoms with E-state index in [1.807, 2.05) is 32.0 Å². The minimum absolute atomic E-state index is 0. The molecule has 0 amide bonds. The molecule has 0 spiro atoms. The van der Waals surface area contributed by atoms with Gasteiger partial charge in [-0.3, -0.25) is 4.98 Å². The third-order valence-electron chi connectivity index (χ3n) is 3.70. The molecule has 1 heterocycles. The van der Waals surface area contributed by atoms with Gasteiger partial charge >= 0.3 is 0 Å². The topological polar surface area (TPSA) is 69.5 Å². The van der Waals surface area contributed by atoms with Gasteiger partial charge in [0.15, 0.2) is 5.96 Å². The molecule has 138 valence electrons. The maximum atomic E-state index is 10.7. The molecule has 0 saturated carbocycles. The minimum Gasteiger partial charge on any atom is -0.388 e. The zero-order valence-electron chi connectivity index (χ0n) is 15.4. The highest BCUT2D eigenvalue weighted by molar-refractivity contribution is 14.0. The molecule has 0 unspecified atom stereocenters. The fourth-order valence-electron chi connectivity index (χ4n) is 2.67. The summed E-state index contributed by atoms with van der Waals surface area (Å²) in [6.45, 7) is 10.0. The number of halogens is 1. The number of nitrogens with one attached hydrogen (secondary N) is 2. The van der Waals surface area contributed by atoms with E-state index in [2.05, 4.69) is 34.5 Å². The molecule has 0 atom stereocenters. The van der Waals surface area contributed by atoms with Gasteiger partial charge in [-0.25, -0.2) is 4.99 Å². The molecule has 3 N–H and O–H groups in total. The molecule has 0 aliphatic heterocycles. The van der Waals surface area contributed by atoms with E-state index in [9.17, 15) is 5.11 Å². The van der Waals surface area contributed by atoms with E-state index in [0.717, 1.165) is 49.6 Å². The SMILES string of the molecule is CCCC(O)(CCC)CNC(=NCc1cccc(C)n1)NCC.I. The third-order valence-corrected chi connectivity index (χ3v) is 3.70. The van der Waals surface area contributed by atoms with Crippen LogP contribution in [0.1, 0.15) is 57.8 Å². The third kappa shape index (κ3) is 8.82. The first-order valence-corrected chi connectivity index (χ1v) is 8.70. The van der Waals surface area contributed by atoms with Crippen LogP contribution in [0.2, 0.25) is 0 Å². The van der Waals surface area contributed by atoms with Crippen LogP contribution in [0.15, 0.2) is 23.2 Å². The van der Waals surface area contributed by atoms with Crippen molar-refractivity contribution in [1.82, 2.24) is 15.6 Å². The van der Waals surface area contributed by atoms with Crippen LogP contribution in [0.3, 0.4) is 0 Å². The van der Waals surface area contributed by atoms with Gasteiger partial charge in [-0.05, 0) is 38.8 Å². The molecule has 1 rings (SSSR count). The Balaban J connectivity index is 0.00000529. The zero-order chi connectivity index (χ0) is 17.1. The van der Waals surface area contributed by atoms with Crippen molar-refractivity contribution in [2.45, 2.75) is 65.5 Å². The number of guanidine groups is 1. The number of aliphatic hydroxyl groups is 1. The number of pyridine rings is 1. The Kier molecular flexibility index (Phi) is 12.0. The Bertz CT molecular complexity index is 488. The van der Waals surface area contributed by atoms with Gasteiger partial charge in [0, 0.05) is 18.8 Å². The largest absolute Gasteiger partial charge is 0.388 e. The molecule has 0 aliphatic rings. The summed E-state index contributed by atoms with van der Waals surface area (Å²) in [6, 6.07) is 5.95. The Morgan fingerprint density at radius 1 is 1.17 bits per heavy atom. The van der Waals surface area contributed by atoms with Crippen molar-refractivity contribution in [2.24, 2.45) is 4.99 Å². The van der Waals surface area contributed by atoms with Crippen LogP contribution in [0.5, 0.6) is 0 Å². The maximum Gasteiger partial charge on any atom is 0.191 e. The molecule has 0 saturated heterocycles. The zero-order valence-corrected chi connectivity index (χ0v) is 17.8. The van der Waals surface area contributed by atoms with Crippen LogP contribution in [0, 0.1) is 6.92 Å². The first kappa shape index (κ1) is 23.1. The second-order valence-corrected chi connectivity index (χ2v) is 6.04. The van der Waals surface area contributed by atoms with E-state index in [-0.39, 0.29) is 24.0 Å². The van der Waals surface area contributed by atoms with Crippen molar-refractivity contribution >= 4 is 29.9 Å². The number of nitrogens with zero attached hydrogens (tertiary/aromatic N) is 2. The van der Waals surface area contributed by atoms with Crippen LogP contribution < -0.4 is 10.6 Å². The van der Waals surface area contributed by atoms with Gasteiger partial charge in [-0.15, -0.1) is 24.0 Å². The van der Waals surface area contributed by atoms with Gasteiger partial charge in [0.25, 0.3) is 0 Å². The Hall–Kier alpha value is -0.890. The molecule has 0 radical (unpaired) electrons. The number of rotatable bonds is 9. The predicted molar refractivity (Wildman–Crippen MR) is 112 cm³/mol. The van der Waals surface area contributed by atoms with Crippen LogP contribution in [-0.2, 0) is 6.54 Å². The number of aromatic nitrogens is 1. The fraction of sp³-hybridized carbons (Fsp3) is 0.667. The average molecular weight is 448 g/mol. The number of aryl methyl sites for hydroxylation is 1. The van der Waals surface area contributed by atoms with Gasteiger partial charge in [-0.2, -0.15) is 0 Å². The molecule has 0 bridgehead atoms. The summed E-state index contributed by atoms with van der Waals surface area (Å²) in [5, 5.41) is 17.2. The highest BCUT2D eigenvalue weighted by atomic mass is 127. The van der Waals surface area contributed by atoms with E-state index in [0.29, 0.717) is 13.1 Å². The smallest absolute Gasteiger partial charge is 0.191 e. The van der Waals surface area contributed by atoms with Crippen molar-refractivity contribution in [3.05, 3.63) is 29.6 Å². The predicted octanol–water partition coefficient (Wildman–Crippen LogP) is 3.39. The molecule has 1 aromatic rings. The van der Waals surface area contributed by atoms with E-state index in [1.54, 1.807) is 0 Å². The van der Waals surface area contributed by atoms with Crippen molar-refractivity contribution in [3.63, 3.8) is 0 Å². The fourth-order valence-corrected chi connectivity index (χ4v) is 2.67. The molecule has 6 heteroatoms. The standard InChI is InChI=1S/C18H32N4O.HI/c1-5-11-18(23,12-6-2)14-21-17(19-7-3)20-13-16-10-8-9-15(4)22-16;/h8-10,23H,5-7,11-14H2,1-4H3,(H2,19,20,21);1H. The molecule has 5 nitrogen and oxygen atoms in total. The Labute approximate surface area is 163 Å². The highest BCUT2D eigenvalue weighted by Crippen LogP contribution is 2.18. The molecular formula is C18H33IN4O. The van der Waals surface area contributed by atoms with Crippen LogP contribution in [0.25, 0.3) is 0 Å². The lowest BCUT2D eigenvalue weighted by Gasteiger charge is -2.28. The number of aliphatic imine (C=N–C) groups is 1. The molecule has 0 aliphatic carbocycles. The first-order valence-electron chi connectivity index (χ1n) is 8.70.